The van der Waals surface area contributed by atoms with E-state index in [1.807, 2.05) is 0 Å². The van der Waals surface area contributed by atoms with Gasteiger partial charge in [0.1, 0.15) is 0 Å². The fraction of sp³-hybridized carbons (Fsp3) is 0.727. The van der Waals surface area contributed by atoms with E-state index >= 15 is 0 Å². The molecule has 102 valence electrons. The molecule has 0 saturated heterocycles. The number of rotatable bonds is 8. The third-order valence-electron chi connectivity index (χ3n) is 2.40. The highest BCUT2D eigenvalue weighted by Gasteiger charge is 2.38. The molecule has 0 aliphatic carbocycles. The predicted molar refractivity (Wildman–Crippen MR) is 62.2 cm³/mol. The molecule has 0 aromatic rings. The van der Waals surface area contributed by atoms with Crippen LogP contribution in [0.15, 0.2) is 0 Å². The molecule has 0 fully saturated rings. The fourth-order valence-electron chi connectivity index (χ4n) is 1.40. The molecular weight excluding hydrogens is 240 g/mol. The van der Waals surface area contributed by atoms with Crippen LogP contribution in [0, 0.1) is 0 Å². The van der Waals surface area contributed by atoms with E-state index in [-0.39, 0.29) is 13.2 Å². The van der Waals surface area contributed by atoms with Gasteiger partial charge in [0, 0.05) is 21.1 Å². The molecule has 0 aliphatic heterocycles. The van der Waals surface area contributed by atoms with Gasteiger partial charge < -0.3 is 19.7 Å². The molecule has 0 aromatic carbocycles. The Morgan fingerprint density at radius 2 is 1.72 bits per heavy atom. The zero-order valence-corrected chi connectivity index (χ0v) is 11.1. The minimum atomic E-state index is -1.01. The minimum absolute atomic E-state index is 0.111. The van der Waals surface area contributed by atoms with Crippen LogP contribution in [0.25, 0.3) is 5.53 Å². The van der Waals surface area contributed by atoms with Gasteiger partial charge in [0.2, 0.25) is 5.78 Å². The number of hydrogen-bond acceptors (Lipinski definition) is 5. The SMILES string of the molecule is CCC(COC)(COC)OC(=O)C(=[N+]=[N-])C(C)=O. The van der Waals surface area contributed by atoms with Crippen molar-refractivity contribution in [3.63, 3.8) is 0 Å². The Morgan fingerprint density at radius 1 is 1.22 bits per heavy atom. The lowest BCUT2D eigenvalue weighted by Crippen LogP contribution is -2.45. The minimum Gasteiger partial charge on any atom is -0.445 e. The van der Waals surface area contributed by atoms with Crippen molar-refractivity contribution in [1.29, 1.82) is 0 Å². The summed E-state index contributed by atoms with van der Waals surface area (Å²) < 4.78 is 15.1. The van der Waals surface area contributed by atoms with Gasteiger partial charge in [0.15, 0.2) is 5.60 Å². The Balaban J connectivity index is 5.03. The monoisotopic (exact) mass is 258 g/mol. The zero-order valence-electron chi connectivity index (χ0n) is 11.1. The predicted octanol–water partition coefficient (Wildman–Crippen LogP) is 0.231. The summed E-state index contributed by atoms with van der Waals surface area (Å²) in [5.74, 6) is -1.68. The lowest BCUT2D eigenvalue weighted by molar-refractivity contribution is -0.170. The average Bonchev–Trinajstić information content (AvgIpc) is 2.29. The number of esters is 1. The maximum Gasteiger partial charge on any atom is 0.441 e. The molecule has 0 rings (SSSR count). The molecule has 0 spiro atoms. The molecule has 0 heterocycles. The molecule has 0 atom stereocenters. The quantitative estimate of drug-likeness (QED) is 0.204. The van der Waals surface area contributed by atoms with Gasteiger partial charge in [-0.15, -0.1) is 0 Å². The van der Waals surface area contributed by atoms with E-state index in [0.29, 0.717) is 6.42 Å². The van der Waals surface area contributed by atoms with Crippen molar-refractivity contribution in [2.24, 2.45) is 0 Å². The first kappa shape index (κ1) is 16.4. The first-order valence-electron chi connectivity index (χ1n) is 5.40. The topological polar surface area (TPSA) is 98.2 Å². The molecule has 0 aromatic heterocycles. The van der Waals surface area contributed by atoms with Crippen molar-refractivity contribution < 1.29 is 28.6 Å². The second-order valence-electron chi connectivity index (χ2n) is 3.80. The summed E-state index contributed by atoms with van der Waals surface area (Å²) in [7, 11) is 2.92. The first-order chi connectivity index (χ1) is 8.46. The second-order valence-corrected chi connectivity index (χ2v) is 3.80. The third kappa shape index (κ3) is 4.37. The number of ether oxygens (including phenoxy) is 3. The Kier molecular flexibility index (Phi) is 7.04. The molecule has 18 heavy (non-hydrogen) atoms. The molecule has 0 saturated carbocycles. The van der Waals surface area contributed by atoms with E-state index in [4.69, 9.17) is 19.7 Å². The highest BCUT2D eigenvalue weighted by Crippen LogP contribution is 2.17. The van der Waals surface area contributed by atoms with Crippen LogP contribution < -0.4 is 0 Å². The van der Waals surface area contributed by atoms with Crippen LogP contribution in [0.3, 0.4) is 0 Å². The van der Waals surface area contributed by atoms with E-state index < -0.39 is 23.1 Å². The number of carbonyl (C=O) groups excluding carboxylic acids is 2. The van der Waals surface area contributed by atoms with E-state index in [2.05, 4.69) is 4.79 Å². The summed E-state index contributed by atoms with van der Waals surface area (Å²) in [6.45, 7) is 3.12. The Bertz CT molecular complexity index is 354. The van der Waals surface area contributed by atoms with Gasteiger partial charge in [-0.05, 0) is 6.42 Å². The molecule has 0 amide bonds. The summed E-state index contributed by atoms with van der Waals surface area (Å²) in [6, 6.07) is 0. The van der Waals surface area contributed by atoms with Gasteiger partial charge in [-0.1, -0.05) is 6.92 Å². The standard InChI is InChI=1S/C11H18N2O5/c1-5-11(6-16-3,7-17-4)18-10(15)9(13-12)8(2)14/h5-7H2,1-4H3. The number of carbonyl (C=O) groups is 2. The smallest absolute Gasteiger partial charge is 0.441 e. The largest absolute Gasteiger partial charge is 0.445 e. The van der Waals surface area contributed by atoms with Crippen molar-refractivity contribution in [3.8, 4) is 0 Å². The fourth-order valence-corrected chi connectivity index (χ4v) is 1.40. The zero-order chi connectivity index (χ0) is 14.2. The summed E-state index contributed by atoms with van der Waals surface area (Å²) in [5.41, 5.74) is 6.94. The van der Waals surface area contributed by atoms with Crippen LogP contribution in [0.5, 0.6) is 0 Å². The number of hydrogen-bond donors (Lipinski definition) is 0. The summed E-state index contributed by atoms with van der Waals surface area (Å²) in [5, 5.41) is 0. The van der Waals surface area contributed by atoms with E-state index in [1.54, 1.807) is 6.92 Å². The molecule has 0 bridgehead atoms. The van der Waals surface area contributed by atoms with Gasteiger partial charge in [0.25, 0.3) is 0 Å². The van der Waals surface area contributed by atoms with Crippen LogP contribution >= 0.6 is 0 Å². The van der Waals surface area contributed by atoms with Crippen molar-refractivity contribution in [1.82, 2.24) is 0 Å². The van der Waals surface area contributed by atoms with Crippen LogP contribution in [-0.2, 0) is 23.8 Å². The number of ketones is 1. The van der Waals surface area contributed by atoms with E-state index in [9.17, 15) is 9.59 Å². The van der Waals surface area contributed by atoms with Gasteiger partial charge >= 0.3 is 11.7 Å². The van der Waals surface area contributed by atoms with Gasteiger partial charge in [-0.25, -0.2) is 4.79 Å². The van der Waals surface area contributed by atoms with E-state index in [1.165, 1.54) is 14.2 Å². The van der Waals surface area contributed by atoms with Gasteiger partial charge in [0.05, 0.1) is 13.2 Å². The molecule has 0 aliphatic rings. The molecule has 0 unspecified atom stereocenters. The lowest BCUT2D eigenvalue weighted by Gasteiger charge is -2.30. The summed E-state index contributed by atoms with van der Waals surface area (Å²) in [6.07, 6.45) is 0.428. The highest BCUT2D eigenvalue weighted by atomic mass is 16.6. The van der Waals surface area contributed by atoms with Gasteiger partial charge in [-0.2, -0.15) is 4.79 Å². The normalized spacial score (nSPS) is 10.7. The number of methoxy groups -OCH3 is 2. The molecular formula is C11H18N2O5. The molecule has 0 radical (unpaired) electrons. The average molecular weight is 258 g/mol. The van der Waals surface area contributed by atoms with Crippen LogP contribution in [0.1, 0.15) is 20.3 Å². The highest BCUT2D eigenvalue weighted by molar-refractivity contribution is 6.61. The number of Topliss-reactive ketones (excluding diaryl/α,β-unsaturated/α-hetero) is 1. The summed E-state index contributed by atoms with van der Waals surface area (Å²) >= 11 is 0. The van der Waals surface area contributed by atoms with E-state index in [0.717, 1.165) is 6.92 Å². The van der Waals surface area contributed by atoms with Crippen LogP contribution in [0.4, 0.5) is 0 Å². The van der Waals surface area contributed by atoms with Crippen LogP contribution in [0.2, 0.25) is 0 Å². The van der Waals surface area contributed by atoms with Crippen molar-refractivity contribution >= 4 is 17.5 Å². The van der Waals surface area contributed by atoms with Crippen LogP contribution in [-0.4, -0.2) is 55.3 Å². The molecule has 0 N–H and O–H groups in total. The molecule has 7 heteroatoms. The number of nitrogens with zero attached hydrogens (tertiary/aromatic N) is 2. The van der Waals surface area contributed by atoms with Crippen molar-refractivity contribution in [2.45, 2.75) is 25.9 Å². The maximum absolute atomic E-state index is 11.7. The Hall–Kier alpha value is -1.56. The summed E-state index contributed by atoms with van der Waals surface area (Å²) in [4.78, 5) is 25.4. The maximum atomic E-state index is 11.7. The van der Waals surface area contributed by atoms with Crippen molar-refractivity contribution in [3.05, 3.63) is 5.53 Å². The third-order valence-corrected chi connectivity index (χ3v) is 2.40. The first-order valence-corrected chi connectivity index (χ1v) is 5.40. The van der Waals surface area contributed by atoms with Gasteiger partial charge in [-0.3, -0.25) is 4.79 Å². The Labute approximate surface area is 106 Å². The molecule has 7 nitrogen and oxygen atoms in total. The lowest BCUT2D eigenvalue weighted by atomic mass is 10.0. The van der Waals surface area contributed by atoms with Crippen molar-refractivity contribution in [2.75, 3.05) is 27.4 Å². The second kappa shape index (κ2) is 7.71. The Morgan fingerprint density at radius 3 is 2.00 bits per heavy atom.